The van der Waals surface area contributed by atoms with E-state index >= 15 is 0 Å². The number of halogens is 6. The summed E-state index contributed by atoms with van der Waals surface area (Å²) in [6, 6.07) is 5.07. The minimum atomic E-state index is -5.71. The van der Waals surface area contributed by atoms with Crippen molar-refractivity contribution in [2.45, 2.75) is 18.5 Å². The van der Waals surface area contributed by atoms with Crippen LogP contribution in [0, 0.1) is 11.6 Å². The molecule has 5 nitrogen and oxygen atoms in total. The summed E-state index contributed by atoms with van der Waals surface area (Å²) in [5, 5.41) is 0.0806. The number of hydrogen-bond acceptors (Lipinski definition) is 3. The highest BCUT2D eigenvalue weighted by Crippen LogP contribution is 2.31. The molecule has 0 fully saturated rings. The van der Waals surface area contributed by atoms with E-state index in [0.717, 1.165) is 23.1 Å². The molecule has 0 radical (unpaired) electrons. The maximum Gasteiger partial charge on any atom is 0.516 e. The van der Waals surface area contributed by atoms with Gasteiger partial charge in [0.1, 0.15) is 11.6 Å². The van der Waals surface area contributed by atoms with Gasteiger partial charge in [0.25, 0.3) is 5.91 Å². The highest BCUT2D eigenvalue weighted by molar-refractivity contribution is 7.93. The molecule has 12 heteroatoms. The number of nitrogens with one attached hydrogen (secondary N) is 1. The maximum atomic E-state index is 14.1. The quantitative estimate of drug-likeness (QED) is 0.708. The first-order valence-corrected chi connectivity index (χ1v) is 9.90. The van der Waals surface area contributed by atoms with Crippen LogP contribution in [0.2, 0.25) is 5.02 Å². The van der Waals surface area contributed by atoms with Crippen molar-refractivity contribution in [1.29, 1.82) is 0 Å². The molecule has 0 unspecified atom stereocenters. The summed E-state index contributed by atoms with van der Waals surface area (Å²) in [5.74, 6) is -2.54. The molecule has 29 heavy (non-hydrogen) atoms. The van der Waals surface area contributed by atoms with Gasteiger partial charge in [-0.1, -0.05) is 11.6 Å². The lowest BCUT2D eigenvalue weighted by atomic mass is 9.97. The van der Waals surface area contributed by atoms with Gasteiger partial charge in [0.05, 0.1) is 11.3 Å². The maximum absolute atomic E-state index is 14.1. The number of amides is 1. The van der Waals surface area contributed by atoms with E-state index < -0.39 is 44.3 Å². The second kappa shape index (κ2) is 7.45. The summed E-state index contributed by atoms with van der Waals surface area (Å²) < 4.78 is 90.2. The van der Waals surface area contributed by atoms with E-state index in [0.29, 0.717) is 0 Å². The Labute approximate surface area is 167 Å². The minimum absolute atomic E-state index is 0.0190. The summed E-state index contributed by atoms with van der Waals surface area (Å²) in [4.78, 5) is 13.7. The van der Waals surface area contributed by atoms with Gasteiger partial charge in [-0.2, -0.15) is 21.6 Å². The van der Waals surface area contributed by atoms with Gasteiger partial charge >= 0.3 is 15.5 Å². The van der Waals surface area contributed by atoms with Gasteiger partial charge in [-0.15, -0.1) is 0 Å². The Kier molecular flexibility index (Phi) is 5.48. The Morgan fingerprint density at radius 1 is 1.10 bits per heavy atom. The Hall–Kier alpha value is -2.40. The molecule has 0 saturated carbocycles. The van der Waals surface area contributed by atoms with Gasteiger partial charge in [-0.3, -0.25) is 9.52 Å². The Bertz CT molecular complexity index is 1090. The number of carbonyl (C=O) groups excluding carboxylic acids is 1. The fourth-order valence-electron chi connectivity index (χ4n) is 2.93. The van der Waals surface area contributed by atoms with E-state index in [2.05, 4.69) is 0 Å². The summed E-state index contributed by atoms with van der Waals surface area (Å²) in [7, 11) is -5.71. The first kappa shape index (κ1) is 21.3. The topological polar surface area (TPSA) is 66.5 Å². The van der Waals surface area contributed by atoms with Crippen molar-refractivity contribution >= 4 is 33.2 Å². The molecule has 1 heterocycles. The van der Waals surface area contributed by atoms with Gasteiger partial charge in [-0.25, -0.2) is 8.78 Å². The van der Waals surface area contributed by atoms with Gasteiger partial charge in [0.2, 0.25) is 0 Å². The molecule has 0 atom stereocenters. The van der Waals surface area contributed by atoms with E-state index in [9.17, 15) is 35.2 Å². The van der Waals surface area contributed by atoms with E-state index in [1.54, 1.807) is 0 Å². The molecular weight excluding hydrogens is 443 g/mol. The van der Waals surface area contributed by atoms with Crippen LogP contribution in [0.15, 0.2) is 30.3 Å². The minimum Gasteiger partial charge on any atom is -0.334 e. The summed E-state index contributed by atoms with van der Waals surface area (Å²) in [6.07, 6.45) is -0.0190. The summed E-state index contributed by atoms with van der Waals surface area (Å²) in [6.45, 7) is -0.422. The molecule has 0 spiro atoms. The average Bonchev–Trinajstić information content (AvgIpc) is 2.61. The number of fused-ring (bicyclic) bond motifs is 1. The van der Waals surface area contributed by atoms with Crippen molar-refractivity contribution in [1.82, 2.24) is 4.90 Å². The number of sulfonamides is 1. The monoisotopic (exact) mass is 454 g/mol. The number of carbonyl (C=O) groups is 1. The molecule has 0 saturated heterocycles. The number of anilines is 1. The van der Waals surface area contributed by atoms with Gasteiger partial charge < -0.3 is 4.90 Å². The predicted octanol–water partition coefficient (Wildman–Crippen LogP) is 4.08. The van der Waals surface area contributed by atoms with E-state index in [-0.39, 0.29) is 35.7 Å². The zero-order chi connectivity index (χ0) is 21.6. The third kappa shape index (κ3) is 4.15. The largest absolute Gasteiger partial charge is 0.516 e. The normalized spacial score (nSPS) is 14.7. The molecule has 0 aliphatic carbocycles. The molecule has 1 aliphatic rings. The fourth-order valence-corrected chi connectivity index (χ4v) is 3.73. The van der Waals surface area contributed by atoms with Gasteiger partial charge in [0, 0.05) is 23.7 Å². The van der Waals surface area contributed by atoms with Crippen LogP contribution in [0.1, 0.15) is 21.5 Å². The van der Waals surface area contributed by atoms with Crippen LogP contribution in [0.3, 0.4) is 0 Å². The van der Waals surface area contributed by atoms with Gasteiger partial charge in [-0.05, 0) is 42.3 Å². The standard InChI is InChI=1S/C17H12ClF5N2O3S/c18-10-1-4-14(24-29(27,28)17(21,22)23)9(7-10)8-25-6-5-11-12(19)2-3-13(20)15(11)16(25)26/h1-4,7,24H,5-6,8H2. The van der Waals surface area contributed by atoms with Crippen molar-refractivity contribution in [2.75, 3.05) is 11.3 Å². The third-order valence-corrected chi connectivity index (χ3v) is 5.65. The van der Waals surface area contributed by atoms with Crippen molar-refractivity contribution in [3.05, 3.63) is 63.7 Å². The smallest absolute Gasteiger partial charge is 0.334 e. The van der Waals surface area contributed by atoms with Crippen LogP contribution in [-0.2, 0) is 23.0 Å². The van der Waals surface area contributed by atoms with Crippen molar-refractivity contribution < 1.29 is 35.2 Å². The number of nitrogens with zero attached hydrogens (tertiary/aromatic N) is 1. The van der Waals surface area contributed by atoms with Crippen LogP contribution in [-0.4, -0.2) is 31.3 Å². The van der Waals surface area contributed by atoms with Crippen LogP contribution < -0.4 is 4.72 Å². The van der Waals surface area contributed by atoms with Crippen LogP contribution in [0.4, 0.5) is 27.6 Å². The second-order valence-electron chi connectivity index (χ2n) is 6.21. The average molecular weight is 455 g/mol. The second-order valence-corrected chi connectivity index (χ2v) is 8.32. The third-order valence-electron chi connectivity index (χ3n) is 4.32. The lowest BCUT2D eigenvalue weighted by Crippen LogP contribution is -2.38. The highest BCUT2D eigenvalue weighted by atomic mass is 35.5. The molecule has 2 aromatic carbocycles. The predicted molar refractivity (Wildman–Crippen MR) is 94.9 cm³/mol. The first-order valence-electron chi connectivity index (χ1n) is 8.04. The number of alkyl halides is 3. The van der Waals surface area contributed by atoms with Crippen molar-refractivity contribution in [3.63, 3.8) is 0 Å². The Balaban J connectivity index is 1.94. The molecule has 1 aliphatic heterocycles. The van der Waals surface area contributed by atoms with E-state index in [1.165, 1.54) is 16.9 Å². The molecular formula is C17H12ClF5N2O3S. The molecule has 1 amide bonds. The van der Waals surface area contributed by atoms with Crippen LogP contribution in [0.5, 0.6) is 0 Å². The first-order chi connectivity index (χ1) is 13.4. The SMILES string of the molecule is O=C1c2c(F)ccc(F)c2CCN1Cc1cc(Cl)ccc1NS(=O)(=O)C(F)(F)F. The number of rotatable bonds is 4. The molecule has 0 bridgehead atoms. The highest BCUT2D eigenvalue weighted by Gasteiger charge is 2.46. The van der Waals surface area contributed by atoms with Crippen LogP contribution in [0.25, 0.3) is 0 Å². The van der Waals surface area contributed by atoms with Crippen molar-refractivity contribution in [2.24, 2.45) is 0 Å². The molecule has 1 N–H and O–H groups in total. The van der Waals surface area contributed by atoms with Gasteiger partial charge in [0.15, 0.2) is 0 Å². The fraction of sp³-hybridized carbons (Fsp3) is 0.235. The number of benzene rings is 2. The lowest BCUT2D eigenvalue weighted by molar-refractivity contribution is -0.0429. The van der Waals surface area contributed by atoms with Crippen LogP contribution >= 0.6 is 11.6 Å². The Morgan fingerprint density at radius 3 is 2.41 bits per heavy atom. The van der Waals surface area contributed by atoms with E-state index in [4.69, 9.17) is 11.6 Å². The Morgan fingerprint density at radius 2 is 1.76 bits per heavy atom. The number of hydrogen-bond donors (Lipinski definition) is 1. The molecule has 156 valence electrons. The lowest BCUT2D eigenvalue weighted by Gasteiger charge is -2.30. The van der Waals surface area contributed by atoms with Crippen molar-refractivity contribution in [3.8, 4) is 0 Å². The molecule has 0 aromatic heterocycles. The molecule has 3 rings (SSSR count). The zero-order valence-electron chi connectivity index (χ0n) is 14.4. The summed E-state index contributed by atoms with van der Waals surface area (Å²) >= 11 is 5.85. The zero-order valence-corrected chi connectivity index (χ0v) is 15.9. The van der Waals surface area contributed by atoms with E-state index in [1.807, 2.05) is 0 Å². The molecule has 2 aromatic rings. The summed E-state index contributed by atoms with van der Waals surface area (Å²) in [5.41, 5.74) is -6.58.